The van der Waals surface area contributed by atoms with Gasteiger partial charge in [0.05, 0.1) is 11.7 Å². The van der Waals surface area contributed by atoms with E-state index in [0.29, 0.717) is 12.1 Å². The Bertz CT molecular complexity index is 1190. The van der Waals surface area contributed by atoms with Crippen molar-refractivity contribution in [1.29, 1.82) is 0 Å². The summed E-state index contributed by atoms with van der Waals surface area (Å²) in [4.78, 5) is 25.4. The minimum atomic E-state index is -0.533. The number of hydrogen-bond donors (Lipinski definition) is 2. The van der Waals surface area contributed by atoms with Gasteiger partial charge in [-0.1, -0.05) is 55.5 Å². The molecule has 0 bridgehead atoms. The van der Waals surface area contributed by atoms with Gasteiger partial charge in [0.25, 0.3) is 5.56 Å². The normalized spacial score (nSPS) is 13.5. The van der Waals surface area contributed by atoms with Crippen molar-refractivity contribution >= 4 is 27.7 Å². The van der Waals surface area contributed by atoms with Crippen molar-refractivity contribution < 1.29 is 4.79 Å². The Morgan fingerprint density at radius 2 is 1.79 bits per heavy atom. The minimum Gasteiger partial charge on any atom is -0.354 e. The molecule has 0 aliphatic rings. The number of carbonyl (C=O) groups excluding carboxylic acids is 1. The van der Waals surface area contributed by atoms with Gasteiger partial charge in [0.2, 0.25) is 5.91 Å². The van der Waals surface area contributed by atoms with E-state index in [4.69, 9.17) is 0 Å². The Morgan fingerprint density at radius 1 is 1.07 bits per heavy atom. The highest BCUT2D eigenvalue weighted by Crippen LogP contribution is 2.29. The first kappa shape index (κ1) is 18.0. The molecule has 1 amide bonds. The second kappa shape index (κ2) is 7.31. The van der Waals surface area contributed by atoms with Crippen molar-refractivity contribution in [3.8, 4) is 0 Å². The Hall–Kier alpha value is -3.41. The standard InChI is InChI=1S/C22H22N4O2/c1-14(16-8-4-3-5-9-16)12-23-21(27)15(2)26-19-11-7-6-10-17(19)18-13-24-25-22(28)20(18)26/h3-11,13-15H,12H2,1-2H3,(H,23,27)(H,25,28)/t14-,15+/m1/s1. The van der Waals surface area contributed by atoms with Crippen LogP contribution in [0.5, 0.6) is 0 Å². The summed E-state index contributed by atoms with van der Waals surface area (Å²) in [6.07, 6.45) is 1.64. The molecule has 2 aromatic heterocycles. The lowest BCUT2D eigenvalue weighted by Gasteiger charge is -2.18. The van der Waals surface area contributed by atoms with Gasteiger partial charge in [-0.05, 0) is 24.5 Å². The van der Waals surface area contributed by atoms with Crippen LogP contribution in [0.25, 0.3) is 21.8 Å². The molecular weight excluding hydrogens is 352 g/mol. The molecule has 2 atom stereocenters. The maximum absolute atomic E-state index is 12.9. The largest absolute Gasteiger partial charge is 0.354 e. The number of fused-ring (bicyclic) bond motifs is 3. The van der Waals surface area contributed by atoms with Crippen LogP contribution in [0.15, 0.2) is 65.6 Å². The molecule has 4 rings (SSSR count). The zero-order valence-electron chi connectivity index (χ0n) is 15.8. The molecule has 142 valence electrons. The van der Waals surface area contributed by atoms with Gasteiger partial charge < -0.3 is 9.88 Å². The predicted molar refractivity (Wildman–Crippen MR) is 110 cm³/mol. The Labute approximate surface area is 162 Å². The first-order valence-corrected chi connectivity index (χ1v) is 9.37. The predicted octanol–water partition coefficient (Wildman–Crippen LogP) is 3.36. The van der Waals surface area contributed by atoms with E-state index in [-0.39, 0.29) is 17.4 Å². The number of amides is 1. The van der Waals surface area contributed by atoms with Crippen LogP contribution < -0.4 is 10.9 Å². The Morgan fingerprint density at radius 3 is 2.57 bits per heavy atom. The lowest BCUT2D eigenvalue weighted by atomic mass is 10.0. The van der Waals surface area contributed by atoms with Crippen LogP contribution in [-0.2, 0) is 4.79 Å². The fraction of sp³-hybridized carbons (Fsp3) is 0.227. The monoisotopic (exact) mass is 374 g/mol. The molecule has 2 heterocycles. The molecule has 0 aliphatic carbocycles. The minimum absolute atomic E-state index is 0.123. The fourth-order valence-electron chi connectivity index (χ4n) is 3.68. The summed E-state index contributed by atoms with van der Waals surface area (Å²) in [5.41, 5.74) is 2.19. The summed E-state index contributed by atoms with van der Waals surface area (Å²) in [5.74, 6) is 0.0738. The highest BCUT2D eigenvalue weighted by atomic mass is 16.2. The molecule has 4 aromatic rings. The van der Waals surface area contributed by atoms with Crippen molar-refractivity contribution in [3.63, 3.8) is 0 Å². The van der Waals surface area contributed by atoms with Crippen LogP contribution in [0.1, 0.15) is 31.4 Å². The molecule has 0 unspecified atom stereocenters. The van der Waals surface area contributed by atoms with E-state index in [2.05, 4.69) is 34.6 Å². The number of carbonyl (C=O) groups is 1. The van der Waals surface area contributed by atoms with Gasteiger partial charge in [-0.3, -0.25) is 9.59 Å². The summed E-state index contributed by atoms with van der Waals surface area (Å²) < 4.78 is 1.80. The maximum atomic E-state index is 12.9. The maximum Gasteiger partial charge on any atom is 0.288 e. The highest BCUT2D eigenvalue weighted by molar-refractivity contribution is 6.08. The number of para-hydroxylation sites is 1. The molecule has 28 heavy (non-hydrogen) atoms. The Balaban J connectivity index is 1.65. The van der Waals surface area contributed by atoms with Crippen LogP contribution in [0, 0.1) is 0 Å². The lowest BCUT2D eigenvalue weighted by Crippen LogP contribution is -2.34. The lowest BCUT2D eigenvalue weighted by molar-refractivity contribution is -0.123. The third kappa shape index (κ3) is 3.07. The zero-order valence-corrected chi connectivity index (χ0v) is 15.8. The first-order valence-electron chi connectivity index (χ1n) is 9.37. The van der Waals surface area contributed by atoms with Gasteiger partial charge in [0, 0.05) is 17.3 Å². The average Bonchev–Trinajstić information content (AvgIpc) is 3.07. The molecule has 0 saturated heterocycles. The van der Waals surface area contributed by atoms with E-state index in [9.17, 15) is 9.59 Å². The number of hydrogen-bond acceptors (Lipinski definition) is 3. The van der Waals surface area contributed by atoms with Gasteiger partial charge >= 0.3 is 0 Å². The summed E-state index contributed by atoms with van der Waals surface area (Å²) in [6, 6.07) is 17.2. The van der Waals surface area contributed by atoms with Gasteiger partial charge in [-0.2, -0.15) is 5.10 Å². The summed E-state index contributed by atoms with van der Waals surface area (Å²) >= 11 is 0. The summed E-state index contributed by atoms with van der Waals surface area (Å²) in [5, 5.41) is 11.1. The molecule has 2 aromatic carbocycles. The molecule has 0 saturated carbocycles. The number of rotatable bonds is 5. The van der Waals surface area contributed by atoms with Gasteiger partial charge in [-0.15, -0.1) is 0 Å². The SMILES string of the molecule is C[C@H](CNC(=O)[C@H](C)n1c2ccccc2c2cn[nH]c(=O)c21)c1ccccc1. The summed E-state index contributed by atoms with van der Waals surface area (Å²) in [7, 11) is 0. The average molecular weight is 374 g/mol. The van der Waals surface area contributed by atoms with Crippen LogP contribution in [0.2, 0.25) is 0 Å². The number of H-pyrrole nitrogens is 1. The second-order valence-corrected chi connectivity index (χ2v) is 7.08. The van der Waals surface area contributed by atoms with Gasteiger partial charge in [-0.25, -0.2) is 5.10 Å². The number of nitrogens with zero attached hydrogens (tertiary/aromatic N) is 2. The van der Waals surface area contributed by atoms with E-state index in [0.717, 1.165) is 16.3 Å². The fourth-order valence-corrected chi connectivity index (χ4v) is 3.68. The molecule has 0 aliphatic heterocycles. The van der Waals surface area contributed by atoms with Crippen molar-refractivity contribution in [2.45, 2.75) is 25.8 Å². The molecular formula is C22H22N4O2. The molecule has 2 N–H and O–H groups in total. The third-order valence-electron chi connectivity index (χ3n) is 5.24. The molecule has 0 spiro atoms. The van der Waals surface area contributed by atoms with Gasteiger partial charge in [0.15, 0.2) is 0 Å². The molecule has 6 nitrogen and oxygen atoms in total. The van der Waals surface area contributed by atoms with Crippen LogP contribution in [0.3, 0.4) is 0 Å². The quantitative estimate of drug-likeness (QED) is 0.562. The van der Waals surface area contributed by atoms with Crippen molar-refractivity contribution in [2.24, 2.45) is 0 Å². The third-order valence-corrected chi connectivity index (χ3v) is 5.24. The summed E-state index contributed by atoms with van der Waals surface area (Å²) in [6.45, 7) is 4.42. The van der Waals surface area contributed by atoms with Crippen LogP contribution >= 0.6 is 0 Å². The molecule has 0 radical (unpaired) electrons. The first-order chi connectivity index (χ1) is 13.6. The van der Waals surface area contributed by atoms with E-state index in [1.165, 1.54) is 5.56 Å². The van der Waals surface area contributed by atoms with Crippen molar-refractivity contribution in [1.82, 2.24) is 20.1 Å². The van der Waals surface area contributed by atoms with Crippen molar-refractivity contribution in [2.75, 3.05) is 6.54 Å². The van der Waals surface area contributed by atoms with E-state index in [1.807, 2.05) is 49.4 Å². The molecule has 6 heteroatoms. The van der Waals surface area contributed by atoms with E-state index >= 15 is 0 Å². The number of nitrogens with one attached hydrogen (secondary N) is 2. The van der Waals surface area contributed by atoms with E-state index in [1.54, 1.807) is 10.8 Å². The van der Waals surface area contributed by atoms with Crippen molar-refractivity contribution in [3.05, 3.63) is 76.7 Å². The number of aromatic amines is 1. The Kier molecular flexibility index (Phi) is 4.69. The van der Waals surface area contributed by atoms with Crippen LogP contribution in [-0.4, -0.2) is 27.2 Å². The second-order valence-electron chi connectivity index (χ2n) is 7.08. The molecule has 0 fully saturated rings. The topological polar surface area (TPSA) is 79.8 Å². The van der Waals surface area contributed by atoms with Gasteiger partial charge in [0.1, 0.15) is 11.6 Å². The highest BCUT2D eigenvalue weighted by Gasteiger charge is 2.22. The zero-order chi connectivity index (χ0) is 19.7. The van der Waals surface area contributed by atoms with E-state index < -0.39 is 6.04 Å². The smallest absolute Gasteiger partial charge is 0.288 e. The number of aromatic nitrogens is 3. The number of benzene rings is 2. The van der Waals surface area contributed by atoms with Crippen LogP contribution in [0.4, 0.5) is 0 Å².